The van der Waals surface area contributed by atoms with Gasteiger partial charge < -0.3 is 20.3 Å². The van der Waals surface area contributed by atoms with Crippen molar-refractivity contribution in [2.24, 2.45) is 0 Å². The third-order valence-corrected chi connectivity index (χ3v) is 6.64. The van der Waals surface area contributed by atoms with E-state index in [0.29, 0.717) is 50.3 Å². The first-order valence-corrected chi connectivity index (χ1v) is 13.1. The Balaban J connectivity index is 1.44. The molecular formula is C31H32N4O4. The number of aryl methyl sites for hydroxylation is 1. The number of rotatable bonds is 10. The van der Waals surface area contributed by atoms with Gasteiger partial charge in [0.15, 0.2) is 5.78 Å². The summed E-state index contributed by atoms with van der Waals surface area (Å²) in [5.74, 6) is -0.520. The van der Waals surface area contributed by atoms with Gasteiger partial charge in [-0.1, -0.05) is 84.9 Å². The second-order valence-electron chi connectivity index (χ2n) is 9.41. The van der Waals surface area contributed by atoms with Gasteiger partial charge >= 0.3 is 6.03 Å². The molecule has 2 atom stereocenters. The number of nitrogens with zero attached hydrogens (tertiary/aromatic N) is 2. The van der Waals surface area contributed by atoms with Crippen molar-refractivity contribution in [1.82, 2.24) is 15.5 Å². The van der Waals surface area contributed by atoms with Gasteiger partial charge in [0.25, 0.3) is 0 Å². The summed E-state index contributed by atoms with van der Waals surface area (Å²) in [5.41, 5.74) is 2.99. The Kier molecular flexibility index (Phi) is 9.81. The van der Waals surface area contributed by atoms with Gasteiger partial charge in [0, 0.05) is 30.6 Å². The molecule has 1 heterocycles. The summed E-state index contributed by atoms with van der Waals surface area (Å²) < 4.78 is 5.33. The van der Waals surface area contributed by atoms with Crippen LogP contribution in [0.25, 0.3) is 0 Å². The molecular weight excluding hydrogens is 492 g/mol. The maximum atomic E-state index is 13.3. The number of nitrogens with one attached hydrogen (secondary N) is 2. The fourth-order valence-electron chi connectivity index (χ4n) is 4.40. The van der Waals surface area contributed by atoms with E-state index in [0.717, 1.165) is 11.1 Å². The summed E-state index contributed by atoms with van der Waals surface area (Å²) in [4.78, 5) is 40.6. The largest absolute Gasteiger partial charge is 0.378 e. The van der Waals surface area contributed by atoms with Crippen molar-refractivity contribution in [3.63, 3.8) is 0 Å². The van der Waals surface area contributed by atoms with Crippen LogP contribution in [0, 0.1) is 11.3 Å². The lowest BCUT2D eigenvalue weighted by Crippen LogP contribution is -2.55. The highest BCUT2D eigenvalue weighted by molar-refractivity contribution is 6.08. The number of hydrogen-bond acceptors (Lipinski definition) is 5. The minimum Gasteiger partial charge on any atom is -0.378 e. The summed E-state index contributed by atoms with van der Waals surface area (Å²) in [6, 6.07) is 26.0. The standard InChI is InChI=1S/C31H32N4O4/c32-22-27(16-13-23-7-3-1-4-8-23)33-30(37)28(34-31(38)35-17-19-39-20-18-35)21-24-11-14-26(15-12-24)29(36)25-9-5-2-6-10-25/h1-12,14-15,27-28H,13,16-21H2,(H,33,37)(H,34,38)/t27-,28-/m0/s1. The Labute approximate surface area is 228 Å². The highest BCUT2D eigenvalue weighted by Crippen LogP contribution is 2.13. The summed E-state index contributed by atoms with van der Waals surface area (Å²) in [6.45, 7) is 1.76. The van der Waals surface area contributed by atoms with E-state index in [1.807, 2.05) is 48.5 Å². The van der Waals surface area contributed by atoms with Crippen LogP contribution in [0.2, 0.25) is 0 Å². The molecule has 39 heavy (non-hydrogen) atoms. The average Bonchev–Trinajstić information content (AvgIpc) is 3.00. The smallest absolute Gasteiger partial charge is 0.318 e. The van der Waals surface area contributed by atoms with Crippen LogP contribution in [0.4, 0.5) is 4.79 Å². The number of urea groups is 1. The van der Waals surface area contributed by atoms with E-state index in [-0.39, 0.29) is 18.2 Å². The number of hydrogen-bond donors (Lipinski definition) is 2. The van der Waals surface area contributed by atoms with Crippen molar-refractivity contribution in [1.29, 1.82) is 5.26 Å². The Morgan fingerprint density at radius 3 is 2.08 bits per heavy atom. The average molecular weight is 525 g/mol. The molecule has 200 valence electrons. The second-order valence-corrected chi connectivity index (χ2v) is 9.41. The van der Waals surface area contributed by atoms with Gasteiger partial charge in [0.2, 0.25) is 5.91 Å². The first-order valence-electron chi connectivity index (χ1n) is 13.1. The predicted molar refractivity (Wildman–Crippen MR) is 147 cm³/mol. The summed E-state index contributed by atoms with van der Waals surface area (Å²) in [5, 5.41) is 15.3. The Morgan fingerprint density at radius 2 is 1.44 bits per heavy atom. The van der Waals surface area contributed by atoms with Crippen LogP contribution in [0.1, 0.15) is 33.5 Å². The molecule has 0 spiro atoms. The normalized spacial score (nSPS) is 14.5. The molecule has 0 unspecified atom stereocenters. The van der Waals surface area contributed by atoms with Gasteiger partial charge in [0.1, 0.15) is 12.1 Å². The van der Waals surface area contributed by atoms with Crippen LogP contribution in [0.5, 0.6) is 0 Å². The van der Waals surface area contributed by atoms with E-state index in [4.69, 9.17) is 4.74 Å². The molecule has 1 aliphatic heterocycles. The second kappa shape index (κ2) is 13.9. The molecule has 0 bridgehead atoms. The van der Waals surface area contributed by atoms with Crippen LogP contribution in [-0.2, 0) is 22.4 Å². The van der Waals surface area contributed by atoms with Gasteiger partial charge in [-0.05, 0) is 24.0 Å². The van der Waals surface area contributed by atoms with E-state index >= 15 is 0 Å². The lowest BCUT2D eigenvalue weighted by atomic mass is 9.99. The molecule has 8 heteroatoms. The molecule has 4 rings (SSSR count). The minimum atomic E-state index is -0.899. The van der Waals surface area contributed by atoms with Crippen LogP contribution in [-0.4, -0.2) is 61.0 Å². The van der Waals surface area contributed by atoms with Crippen molar-refractivity contribution < 1.29 is 19.1 Å². The van der Waals surface area contributed by atoms with E-state index in [9.17, 15) is 19.6 Å². The fourth-order valence-corrected chi connectivity index (χ4v) is 4.40. The first kappa shape index (κ1) is 27.6. The minimum absolute atomic E-state index is 0.0904. The van der Waals surface area contributed by atoms with E-state index in [1.165, 1.54) is 0 Å². The number of carbonyl (C=O) groups is 3. The van der Waals surface area contributed by atoms with E-state index in [1.54, 1.807) is 41.3 Å². The third kappa shape index (κ3) is 8.00. The number of nitriles is 1. The quantitative estimate of drug-likeness (QED) is 0.394. The molecule has 0 aromatic heterocycles. The van der Waals surface area contributed by atoms with Crippen molar-refractivity contribution in [2.75, 3.05) is 26.3 Å². The number of ether oxygens (including phenoxy) is 1. The number of amides is 3. The predicted octanol–water partition coefficient (Wildman–Crippen LogP) is 3.51. The highest BCUT2D eigenvalue weighted by Gasteiger charge is 2.27. The molecule has 1 aliphatic rings. The maximum absolute atomic E-state index is 13.3. The van der Waals surface area contributed by atoms with Crippen molar-refractivity contribution in [3.05, 3.63) is 107 Å². The SMILES string of the molecule is N#C[C@H](CCc1ccccc1)NC(=O)[C@H](Cc1ccc(C(=O)c2ccccc2)cc1)NC(=O)N1CCOCC1. The zero-order chi connectivity index (χ0) is 27.5. The molecule has 3 amide bonds. The van der Waals surface area contributed by atoms with Gasteiger partial charge in [-0.3, -0.25) is 9.59 Å². The number of carbonyl (C=O) groups excluding carboxylic acids is 3. The number of morpholine rings is 1. The van der Waals surface area contributed by atoms with E-state index in [2.05, 4.69) is 16.7 Å². The summed E-state index contributed by atoms with van der Waals surface area (Å²) in [7, 11) is 0. The van der Waals surface area contributed by atoms with Gasteiger partial charge in [0.05, 0.1) is 19.3 Å². The summed E-state index contributed by atoms with van der Waals surface area (Å²) >= 11 is 0. The lowest BCUT2D eigenvalue weighted by molar-refractivity contribution is -0.123. The Hall–Kier alpha value is -4.48. The van der Waals surface area contributed by atoms with Crippen molar-refractivity contribution in [2.45, 2.75) is 31.3 Å². The molecule has 3 aromatic carbocycles. The molecule has 3 aromatic rings. The number of ketones is 1. The lowest BCUT2D eigenvalue weighted by Gasteiger charge is -2.29. The van der Waals surface area contributed by atoms with Crippen LogP contribution < -0.4 is 10.6 Å². The van der Waals surface area contributed by atoms with Crippen LogP contribution in [0.3, 0.4) is 0 Å². The number of benzene rings is 3. The molecule has 8 nitrogen and oxygen atoms in total. The van der Waals surface area contributed by atoms with Gasteiger partial charge in [-0.15, -0.1) is 0 Å². The molecule has 1 fully saturated rings. The van der Waals surface area contributed by atoms with Crippen LogP contribution >= 0.6 is 0 Å². The molecule has 2 N–H and O–H groups in total. The summed E-state index contributed by atoms with van der Waals surface area (Å²) in [6.07, 6.45) is 1.30. The van der Waals surface area contributed by atoms with Gasteiger partial charge in [-0.25, -0.2) is 4.79 Å². The van der Waals surface area contributed by atoms with Gasteiger partial charge in [-0.2, -0.15) is 5.26 Å². The van der Waals surface area contributed by atoms with Crippen LogP contribution in [0.15, 0.2) is 84.9 Å². The topological polar surface area (TPSA) is 112 Å². The molecule has 0 radical (unpaired) electrons. The Bertz CT molecular complexity index is 1280. The third-order valence-electron chi connectivity index (χ3n) is 6.64. The van der Waals surface area contributed by atoms with Crippen molar-refractivity contribution in [3.8, 4) is 6.07 Å². The molecule has 1 saturated heterocycles. The first-order chi connectivity index (χ1) is 19.0. The van der Waals surface area contributed by atoms with E-state index < -0.39 is 18.0 Å². The molecule has 0 saturated carbocycles. The van der Waals surface area contributed by atoms with Crippen molar-refractivity contribution >= 4 is 17.7 Å². The fraction of sp³-hybridized carbons (Fsp3) is 0.290. The molecule has 0 aliphatic carbocycles. The Morgan fingerprint density at radius 1 is 0.821 bits per heavy atom. The highest BCUT2D eigenvalue weighted by atomic mass is 16.5. The monoisotopic (exact) mass is 524 g/mol. The zero-order valence-corrected chi connectivity index (χ0v) is 21.7. The zero-order valence-electron chi connectivity index (χ0n) is 21.7. The maximum Gasteiger partial charge on any atom is 0.318 e.